The van der Waals surface area contributed by atoms with Crippen LogP contribution in [0.5, 0.6) is 0 Å². The number of hydrogen-bond acceptors (Lipinski definition) is 3. The van der Waals surface area contributed by atoms with Gasteiger partial charge in [0.2, 0.25) is 5.91 Å². The van der Waals surface area contributed by atoms with E-state index < -0.39 is 5.91 Å². The quantitative estimate of drug-likeness (QED) is 0.649. The molecule has 1 rings (SSSR count). The summed E-state index contributed by atoms with van der Waals surface area (Å²) in [7, 11) is 0. The van der Waals surface area contributed by atoms with Crippen molar-refractivity contribution >= 4 is 5.91 Å². The van der Waals surface area contributed by atoms with Crippen molar-refractivity contribution in [3.8, 4) is 0 Å². The number of pyridine rings is 1. The second-order valence-corrected chi connectivity index (χ2v) is 2.69. The molecule has 1 amide bonds. The third-order valence-electron chi connectivity index (χ3n) is 1.65. The van der Waals surface area contributed by atoms with Crippen LogP contribution in [0.15, 0.2) is 24.4 Å². The van der Waals surface area contributed by atoms with Crippen LogP contribution in [-0.2, 0) is 11.2 Å². The predicted molar refractivity (Wildman–Crippen MR) is 48.7 cm³/mol. The van der Waals surface area contributed by atoms with Crippen LogP contribution in [0.25, 0.3) is 0 Å². The van der Waals surface area contributed by atoms with Crippen molar-refractivity contribution in [2.24, 2.45) is 0 Å². The lowest BCUT2D eigenvalue weighted by Gasteiger charge is -2.25. The van der Waals surface area contributed by atoms with Gasteiger partial charge < -0.3 is 10.3 Å². The van der Waals surface area contributed by atoms with E-state index in [9.17, 15) is 10.0 Å². The minimum absolute atomic E-state index is 0.173. The first-order valence-electron chi connectivity index (χ1n) is 4.05. The molecule has 1 aromatic rings. The summed E-state index contributed by atoms with van der Waals surface area (Å²) < 4.78 is 0. The summed E-state index contributed by atoms with van der Waals surface area (Å²) in [5, 5.41) is 11.3. The minimum Gasteiger partial charge on any atom is -0.756 e. The van der Waals surface area contributed by atoms with Crippen molar-refractivity contribution in [1.29, 1.82) is 0 Å². The third kappa shape index (κ3) is 3.21. The Labute approximate surface area is 76.8 Å². The van der Waals surface area contributed by atoms with Crippen molar-refractivity contribution in [3.63, 3.8) is 0 Å². The van der Waals surface area contributed by atoms with E-state index in [1.54, 1.807) is 6.20 Å². The third-order valence-corrected chi connectivity index (χ3v) is 1.65. The number of rotatable bonds is 3. The lowest BCUT2D eigenvalue weighted by atomic mass is 10.3. The van der Waals surface area contributed by atoms with Gasteiger partial charge in [-0.05, 0) is 12.1 Å². The van der Waals surface area contributed by atoms with E-state index in [0.29, 0.717) is 11.5 Å². The summed E-state index contributed by atoms with van der Waals surface area (Å²) in [6.07, 6.45) is 2.17. The Hall–Kier alpha value is -1.42. The second-order valence-electron chi connectivity index (χ2n) is 2.69. The second kappa shape index (κ2) is 4.57. The van der Waals surface area contributed by atoms with Gasteiger partial charge >= 0.3 is 0 Å². The van der Waals surface area contributed by atoms with Crippen molar-refractivity contribution < 1.29 is 4.79 Å². The molecule has 0 N–H and O–H groups in total. The maximum Gasteiger partial charge on any atom is 0.208 e. The SMILES string of the molecule is CC(=O)N([O-])CCc1ccccn1. The molecule has 0 fully saturated rings. The molecule has 0 aliphatic carbocycles. The summed E-state index contributed by atoms with van der Waals surface area (Å²) >= 11 is 0. The molecule has 1 aromatic heterocycles. The number of hydroxylamine groups is 2. The largest absolute Gasteiger partial charge is 0.756 e. The average Bonchev–Trinajstić information content (AvgIpc) is 2.15. The zero-order valence-electron chi connectivity index (χ0n) is 7.43. The molecule has 0 aromatic carbocycles. The number of carbonyl (C=O) groups excluding carboxylic acids is 1. The molecule has 0 radical (unpaired) electrons. The van der Waals surface area contributed by atoms with Crippen molar-refractivity contribution in [2.45, 2.75) is 13.3 Å². The Morgan fingerprint density at radius 1 is 1.62 bits per heavy atom. The van der Waals surface area contributed by atoms with Crippen LogP contribution in [0.3, 0.4) is 0 Å². The van der Waals surface area contributed by atoms with Gasteiger partial charge in [0, 0.05) is 31.8 Å². The highest BCUT2D eigenvalue weighted by atomic mass is 16.5. The standard InChI is InChI=1S/C9H11N2O2/c1-8(12)11(13)7-5-9-4-2-3-6-10-9/h2-4,6H,5,7H2,1H3/q-1. The van der Waals surface area contributed by atoms with Gasteiger partial charge in [0.05, 0.1) is 0 Å². The van der Waals surface area contributed by atoms with E-state index in [0.717, 1.165) is 5.69 Å². The Balaban J connectivity index is 2.39. The van der Waals surface area contributed by atoms with Gasteiger partial charge in [-0.3, -0.25) is 9.78 Å². The minimum atomic E-state index is -0.462. The molecule has 4 heteroatoms. The predicted octanol–water partition coefficient (Wildman–Crippen LogP) is 0.970. The highest BCUT2D eigenvalue weighted by molar-refractivity contribution is 5.73. The summed E-state index contributed by atoms with van der Waals surface area (Å²) in [4.78, 5) is 14.6. The smallest absolute Gasteiger partial charge is 0.208 e. The van der Waals surface area contributed by atoms with E-state index in [1.807, 2.05) is 18.2 Å². The summed E-state index contributed by atoms with van der Waals surface area (Å²) in [5.74, 6) is -0.462. The van der Waals surface area contributed by atoms with Gasteiger partial charge in [0.25, 0.3) is 0 Å². The molecule has 4 nitrogen and oxygen atoms in total. The topological polar surface area (TPSA) is 56.3 Å². The lowest BCUT2D eigenvalue weighted by molar-refractivity contribution is -0.126. The van der Waals surface area contributed by atoms with Gasteiger partial charge in [-0.1, -0.05) is 6.07 Å². The van der Waals surface area contributed by atoms with Crippen molar-refractivity contribution in [3.05, 3.63) is 35.3 Å². The van der Waals surface area contributed by atoms with Crippen LogP contribution in [-0.4, -0.2) is 22.5 Å². The first-order chi connectivity index (χ1) is 6.20. The van der Waals surface area contributed by atoms with E-state index in [2.05, 4.69) is 4.98 Å². The fourth-order valence-electron chi connectivity index (χ4n) is 0.920. The van der Waals surface area contributed by atoms with Gasteiger partial charge in [-0.2, -0.15) is 0 Å². The monoisotopic (exact) mass is 179 g/mol. The Morgan fingerprint density at radius 3 is 2.92 bits per heavy atom. The van der Waals surface area contributed by atoms with Gasteiger partial charge in [0.15, 0.2) is 0 Å². The molecule has 0 saturated heterocycles. The molecular weight excluding hydrogens is 168 g/mol. The number of amides is 1. The first-order valence-corrected chi connectivity index (χ1v) is 4.05. The molecule has 0 bridgehead atoms. The van der Waals surface area contributed by atoms with E-state index in [1.165, 1.54) is 6.92 Å². The molecule has 13 heavy (non-hydrogen) atoms. The molecule has 0 saturated carbocycles. The number of aromatic nitrogens is 1. The average molecular weight is 179 g/mol. The molecule has 0 aliphatic heterocycles. The molecule has 0 unspecified atom stereocenters. The molecule has 1 heterocycles. The summed E-state index contributed by atoms with van der Waals surface area (Å²) in [6, 6.07) is 5.49. The first kappa shape index (κ1) is 9.67. The van der Waals surface area contributed by atoms with E-state index >= 15 is 0 Å². The highest BCUT2D eigenvalue weighted by Gasteiger charge is 1.97. The fraction of sp³-hybridized carbons (Fsp3) is 0.333. The Morgan fingerprint density at radius 2 is 2.38 bits per heavy atom. The molecule has 0 atom stereocenters. The van der Waals surface area contributed by atoms with Crippen LogP contribution in [0.1, 0.15) is 12.6 Å². The summed E-state index contributed by atoms with van der Waals surface area (Å²) in [6.45, 7) is 1.43. The van der Waals surface area contributed by atoms with Gasteiger partial charge in [-0.25, -0.2) is 0 Å². The number of nitrogens with zero attached hydrogens (tertiary/aromatic N) is 2. The van der Waals surface area contributed by atoms with Crippen LogP contribution in [0.4, 0.5) is 0 Å². The van der Waals surface area contributed by atoms with Crippen LogP contribution in [0.2, 0.25) is 0 Å². The van der Waals surface area contributed by atoms with Crippen LogP contribution in [0, 0.1) is 5.21 Å². The zero-order chi connectivity index (χ0) is 9.68. The van der Waals surface area contributed by atoms with Gasteiger partial charge in [-0.15, -0.1) is 0 Å². The lowest BCUT2D eigenvalue weighted by Crippen LogP contribution is -2.24. The van der Waals surface area contributed by atoms with Gasteiger partial charge in [0.1, 0.15) is 0 Å². The number of carbonyl (C=O) groups is 1. The van der Waals surface area contributed by atoms with E-state index in [-0.39, 0.29) is 6.54 Å². The van der Waals surface area contributed by atoms with E-state index in [4.69, 9.17) is 0 Å². The molecular formula is C9H11N2O2-. The molecule has 70 valence electrons. The van der Waals surface area contributed by atoms with Crippen molar-refractivity contribution in [1.82, 2.24) is 10.0 Å². The fourth-order valence-corrected chi connectivity index (χ4v) is 0.920. The maximum absolute atomic E-state index is 10.9. The number of hydrogen-bond donors (Lipinski definition) is 0. The normalized spacial score (nSPS) is 9.69. The Bertz CT molecular complexity index is 274. The molecule has 0 aliphatic rings. The highest BCUT2D eigenvalue weighted by Crippen LogP contribution is 1.96. The zero-order valence-corrected chi connectivity index (χ0v) is 7.43. The van der Waals surface area contributed by atoms with Crippen LogP contribution >= 0.6 is 0 Å². The molecule has 0 spiro atoms. The van der Waals surface area contributed by atoms with Crippen molar-refractivity contribution in [2.75, 3.05) is 6.54 Å². The summed E-state index contributed by atoms with van der Waals surface area (Å²) in [5.41, 5.74) is 0.824. The Kier molecular flexibility index (Phi) is 3.40. The maximum atomic E-state index is 10.9. The van der Waals surface area contributed by atoms with Crippen LogP contribution < -0.4 is 0 Å².